The number of piperazine rings is 1. The second kappa shape index (κ2) is 7.75. The van der Waals surface area contributed by atoms with E-state index in [0.29, 0.717) is 44.6 Å². The van der Waals surface area contributed by atoms with Crippen LogP contribution in [0.3, 0.4) is 0 Å². The van der Waals surface area contributed by atoms with E-state index in [-0.39, 0.29) is 29.6 Å². The summed E-state index contributed by atoms with van der Waals surface area (Å²) < 4.78 is 41.4. The quantitative estimate of drug-likeness (QED) is 0.782. The molecule has 27 heavy (non-hydrogen) atoms. The van der Waals surface area contributed by atoms with E-state index in [1.807, 2.05) is 19.9 Å². The number of rotatable bonds is 4. The second-order valence-corrected chi connectivity index (χ2v) is 9.64. The molecule has 1 unspecified atom stereocenters. The molecular formula is C19H28FN3O3S. The fraction of sp³-hybridized carbons (Fsp3) is 0.632. The van der Waals surface area contributed by atoms with Crippen LogP contribution in [-0.2, 0) is 21.4 Å². The molecule has 0 bridgehead atoms. The Bertz CT molecular complexity index is 806. The molecule has 0 N–H and O–H groups in total. The number of carbonyl (C=O) groups is 1. The van der Waals surface area contributed by atoms with Gasteiger partial charge in [0.1, 0.15) is 5.82 Å². The Kier molecular flexibility index (Phi) is 5.76. The molecule has 0 aromatic heterocycles. The molecule has 2 saturated heterocycles. The number of sulfonamides is 1. The molecular weight excluding hydrogens is 369 g/mol. The summed E-state index contributed by atoms with van der Waals surface area (Å²) in [6.45, 7) is 7.96. The first-order valence-electron chi connectivity index (χ1n) is 9.53. The Morgan fingerprint density at radius 3 is 2.41 bits per heavy atom. The summed E-state index contributed by atoms with van der Waals surface area (Å²) in [4.78, 5) is 15.3. The second-order valence-electron chi connectivity index (χ2n) is 7.47. The molecule has 0 radical (unpaired) electrons. The molecule has 2 aliphatic rings. The molecule has 1 amide bonds. The average molecular weight is 398 g/mol. The molecule has 2 aliphatic heterocycles. The van der Waals surface area contributed by atoms with Crippen molar-refractivity contribution in [3.05, 3.63) is 29.6 Å². The van der Waals surface area contributed by atoms with E-state index in [2.05, 4.69) is 4.90 Å². The largest absolute Gasteiger partial charge is 0.368 e. The highest BCUT2D eigenvalue weighted by molar-refractivity contribution is 7.90. The Morgan fingerprint density at radius 1 is 1.22 bits per heavy atom. The number of halogens is 1. The van der Waals surface area contributed by atoms with E-state index in [9.17, 15) is 17.6 Å². The minimum Gasteiger partial charge on any atom is -0.368 e. The third-order valence-electron chi connectivity index (χ3n) is 5.75. The molecule has 6 nitrogen and oxygen atoms in total. The Morgan fingerprint density at radius 2 is 1.89 bits per heavy atom. The van der Waals surface area contributed by atoms with Crippen molar-refractivity contribution in [2.45, 2.75) is 51.4 Å². The van der Waals surface area contributed by atoms with Crippen LogP contribution in [0.5, 0.6) is 0 Å². The van der Waals surface area contributed by atoms with Crippen molar-refractivity contribution in [1.82, 2.24) is 9.21 Å². The van der Waals surface area contributed by atoms with E-state index in [1.165, 1.54) is 10.4 Å². The number of hydrogen-bond acceptors (Lipinski definition) is 4. The number of carbonyl (C=O) groups excluding carboxylic acids is 1. The van der Waals surface area contributed by atoms with Gasteiger partial charge in [0.25, 0.3) is 0 Å². The number of benzene rings is 1. The van der Waals surface area contributed by atoms with Crippen molar-refractivity contribution in [2.24, 2.45) is 0 Å². The zero-order chi connectivity index (χ0) is 19.8. The van der Waals surface area contributed by atoms with Crippen LogP contribution >= 0.6 is 0 Å². The van der Waals surface area contributed by atoms with Gasteiger partial charge in [0.15, 0.2) is 0 Å². The minimum atomic E-state index is -3.37. The van der Waals surface area contributed by atoms with E-state index in [4.69, 9.17) is 0 Å². The first-order chi connectivity index (χ1) is 12.7. The standard InChI is InChI=1S/C19H28FN3O3S/c1-4-18-11-14(2)23(27(18,25)26)13-16-5-6-17(12-19(16)20)22-9-7-21(8-10-22)15(3)24/h5-6,12,14,18H,4,7-11,13H2,1-3H3/t14-,18?/m0/s1. The normalized spacial score (nSPS) is 25.8. The first-order valence-corrected chi connectivity index (χ1v) is 11.0. The van der Waals surface area contributed by atoms with Gasteiger partial charge in [-0.05, 0) is 31.9 Å². The maximum absolute atomic E-state index is 14.7. The van der Waals surface area contributed by atoms with Gasteiger partial charge < -0.3 is 9.80 Å². The SMILES string of the molecule is CCC1C[C@H](C)N(Cc2ccc(N3CCN(C(C)=O)CC3)cc2F)S1(=O)=O. The van der Waals surface area contributed by atoms with Crippen LogP contribution < -0.4 is 4.90 Å². The summed E-state index contributed by atoms with van der Waals surface area (Å²) in [5, 5.41) is -0.368. The first kappa shape index (κ1) is 20.1. The van der Waals surface area contributed by atoms with Gasteiger partial charge in [0.2, 0.25) is 15.9 Å². The topological polar surface area (TPSA) is 60.9 Å². The van der Waals surface area contributed by atoms with E-state index in [1.54, 1.807) is 17.9 Å². The smallest absolute Gasteiger partial charge is 0.219 e. The highest BCUT2D eigenvalue weighted by Gasteiger charge is 2.42. The van der Waals surface area contributed by atoms with Gasteiger partial charge in [0, 0.05) is 56.9 Å². The fourth-order valence-electron chi connectivity index (χ4n) is 3.99. The van der Waals surface area contributed by atoms with Crippen LogP contribution in [0.4, 0.5) is 10.1 Å². The molecule has 2 atom stereocenters. The molecule has 150 valence electrons. The van der Waals surface area contributed by atoms with Gasteiger partial charge in [-0.2, -0.15) is 4.31 Å². The molecule has 8 heteroatoms. The third kappa shape index (κ3) is 3.96. The lowest BCUT2D eigenvalue weighted by molar-refractivity contribution is -0.129. The maximum atomic E-state index is 14.7. The van der Waals surface area contributed by atoms with Crippen LogP contribution in [-0.4, -0.2) is 61.0 Å². The lowest BCUT2D eigenvalue weighted by Crippen LogP contribution is -2.48. The zero-order valence-electron chi connectivity index (χ0n) is 16.2. The number of anilines is 1. The lowest BCUT2D eigenvalue weighted by Gasteiger charge is -2.35. The van der Waals surface area contributed by atoms with Crippen LogP contribution in [0, 0.1) is 5.82 Å². The van der Waals surface area contributed by atoms with Crippen molar-refractivity contribution in [3.8, 4) is 0 Å². The molecule has 1 aromatic carbocycles. The summed E-state index contributed by atoms with van der Waals surface area (Å²) >= 11 is 0. The molecule has 0 saturated carbocycles. The molecule has 2 heterocycles. The Hall–Kier alpha value is -1.67. The van der Waals surface area contributed by atoms with Crippen molar-refractivity contribution < 1.29 is 17.6 Å². The molecule has 2 fully saturated rings. The highest BCUT2D eigenvalue weighted by atomic mass is 32.2. The Labute approximate surface area is 161 Å². The highest BCUT2D eigenvalue weighted by Crippen LogP contribution is 2.32. The molecule has 0 spiro atoms. The van der Waals surface area contributed by atoms with Crippen molar-refractivity contribution in [3.63, 3.8) is 0 Å². The van der Waals surface area contributed by atoms with Gasteiger partial charge in [0.05, 0.1) is 5.25 Å². The van der Waals surface area contributed by atoms with Gasteiger partial charge >= 0.3 is 0 Å². The summed E-state index contributed by atoms with van der Waals surface area (Å²) in [5.41, 5.74) is 1.16. The van der Waals surface area contributed by atoms with Gasteiger partial charge in [-0.25, -0.2) is 12.8 Å². The minimum absolute atomic E-state index is 0.0579. The summed E-state index contributed by atoms with van der Waals surface area (Å²) in [6, 6.07) is 4.89. The average Bonchev–Trinajstić information content (AvgIpc) is 2.85. The third-order valence-corrected chi connectivity index (χ3v) is 8.26. The Balaban J connectivity index is 1.72. The lowest BCUT2D eigenvalue weighted by atomic mass is 10.1. The van der Waals surface area contributed by atoms with Crippen molar-refractivity contribution in [1.29, 1.82) is 0 Å². The number of hydrogen-bond donors (Lipinski definition) is 0. The molecule has 3 rings (SSSR count). The summed E-state index contributed by atoms with van der Waals surface area (Å²) in [5.74, 6) is -0.327. The number of nitrogens with zero attached hydrogens (tertiary/aromatic N) is 3. The number of amides is 1. The van der Waals surface area contributed by atoms with Crippen molar-refractivity contribution >= 4 is 21.6 Å². The van der Waals surface area contributed by atoms with E-state index in [0.717, 1.165) is 5.69 Å². The van der Waals surface area contributed by atoms with Gasteiger partial charge in [-0.15, -0.1) is 0 Å². The van der Waals surface area contributed by atoms with Crippen LogP contribution in [0.2, 0.25) is 0 Å². The van der Waals surface area contributed by atoms with Crippen LogP contribution in [0.25, 0.3) is 0 Å². The van der Waals surface area contributed by atoms with Crippen LogP contribution in [0.1, 0.15) is 39.2 Å². The fourth-order valence-corrected chi connectivity index (χ4v) is 6.23. The summed E-state index contributed by atoms with van der Waals surface area (Å²) in [7, 11) is -3.37. The van der Waals surface area contributed by atoms with Gasteiger partial charge in [-0.1, -0.05) is 13.0 Å². The molecule has 1 aromatic rings. The predicted octanol–water partition coefficient (Wildman–Crippen LogP) is 2.20. The maximum Gasteiger partial charge on any atom is 0.219 e. The molecule has 0 aliphatic carbocycles. The predicted molar refractivity (Wildman–Crippen MR) is 103 cm³/mol. The summed E-state index contributed by atoms with van der Waals surface area (Å²) in [6.07, 6.45) is 1.18. The zero-order valence-corrected chi connectivity index (χ0v) is 17.0. The van der Waals surface area contributed by atoms with Crippen LogP contribution in [0.15, 0.2) is 18.2 Å². The van der Waals surface area contributed by atoms with E-state index < -0.39 is 10.0 Å². The monoisotopic (exact) mass is 397 g/mol. The van der Waals surface area contributed by atoms with Gasteiger partial charge in [-0.3, -0.25) is 4.79 Å². The van der Waals surface area contributed by atoms with Crippen molar-refractivity contribution in [2.75, 3.05) is 31.1 Å². The van der Waals surface area contributed by atoms with E-state index >= 15 is 0 Å².